The van der Waals surface area contributed by atoms with Crippen LogP contribution in [0.1, 0.15) is 38.5 Å². The fourth-order valence-electron chi connectivity index (χ4n) is 2.51. The third-order valence-electron chi connectivity index (χ3n) is 3.70. The van der Waals surface area contributed by atoms with Gasteiger partial charge in [-0.2, -0.15) is 0 Å². The van der Waals surface area contributed by atoms with Crippen LogP contribution >= 0.6 is 0 Å². The van der Waals surface area contributed by atoms with Crippen molar-refractivity contribution in [1.29, 1.82) is 0 Å². The van der Waals surface area contributed by atoms with Crippen LogP contribution in [0.25, 0.3) is 0 Å². The number of carbonyl (C=O) groups is 1. The molecule has 1 aliphatic rings. The molecule has 92 valence electrons. The van der Waals surface area contributed by atoms with Crippen molar-refractivity contribution < 1.29 is 4.79 Å². The quantitative estimate of drug-likeness (QED) is 0.725. The van der Waals surface area contributed by atoms with Crippen LogP contribution in [0.4, 0.5) is 0 Å². The number of likely N-dealkylation sites (N-methyl/N-ethyl adjacent to an activating group) is 1. The Morgan fingerprint density at radius 1 is 1.44 bits per heavy atom. The first-order chi connectivity index (χ1) is 7.63. The highest BCUT2D eigenvalue weighted by Crippen LogP contribution is 2.38. The minimum Gasteiger partial charge on any atom is -0.342 e. The van der Waals surface area contributed by atoms with E-state index in [0.29, 0.717) is 19.5 Å². The molecule has 0 aromatic rings. The molecule has 0 atom stereocenters. The van der Waals surface area contributed by atoms with Crippen molar-refractivity contribution >= 4 is 5.91 Å². The first-order valence-corrected chi connectivity index (χ1v) is 6.18. The molecule has 0 aromatic heterocycles. The number of amides is 1. The molecule has 1 aliphatic carbocycles. The molecular weight excluding hydrogens is 200 g/mol. The van der Waals surface area contributed by atoms with Crippen LogP contribution in [0, 0.1) is 5.41 Å². The zero-order chi connectivity index (χ0) is 12.0. The summed E-state index contributed by atoms with van der Waals surface area (Å²) < 4.78 is 0. The molecule has 3 heteroatoms. The Kier molecular flexibility index (Phi) is 5.00. The van der Waals surface area contributed by atoms with Gasteiger partial charge in [-0.15, -0.1) is 6.58 Å². The Morgan fingerprint density at radius 3 is 2.56 bits per heavy atom. The van der Waals surface area contributed by atoms with E-state index >= 15 is 0 Å². The van der Waals surface area contributed by atoms with Gasteiger partial charge in [-0.05, 0) is 24.8 Å². The summed E-state index contributed by atoms with van der Waals surface area (Å²) in [5, 5.41) is 0. The molecule has 2 N–H and O–H groups in total. The summed E-state index contributed by atoms with van der Waals surface area (Å²) in [4.78, 5) is 13.7. The van der Waals surface area contributed by atoms with Crippen LogP contribution in [0.2, 0.25) is 0 Å². The summed E-state index contributed by atoms with van der Waals surface area (Å²) in [6.45, 7) is 4.91. The maximum Gasteiger partial charge on any atom is 0.223 e. The summed E-state index contributed by atoms with van der Waals surface area (Å²) in [5.41, 5.74) is 5.94. The average molecular weight is 224 g/mol. The molecule has 0 saturated heterocycles. The Morgan fingerprint density at radius 2 is 2.06 bits per heavy atom. The van der Waals surface area contributed by atoms with E-state index in [2.05, 4.69) is 6.58 Å². The summed E-state index contributed by atoms with van der Waals surface area (Å²) in [7, 11) is 1.83. The second-order valence-electron chi connectivity index (χ2n) is 5.00. The van der Waals surface area contributed by atoms with Crippen molar-refractivity contribution in [2.24, 2.45) is 11.1 Å². The average Bonchev–Trinajstić information content (AvgIpc) is 2.30. The third kappa shape index (κ3) is 3.34. The van der Waals surface area contributed by atoms with Gasteiger partial charge >= 0.3 is 0 Å². The van der Waals surface area contributed by atoms with Gasteiger partial charge in [-0.3, -0.25) is 4.79 Å². The molecule has 0 unspecified atom stereocenters. The fraction of sp³-hybridized carbons (Fsp3) is 0.769. The third-order valence-corrected chi connectivity index (χ3v) is 3.70. The van der Waals surface area contributed by atoms with Gasteiger partial charge in [0.25, 0.3) is 0 Å². The molecule has 0 radical (unpaired) electrons. The number of carbonyl (C=O) groups excluding carboxylic acids is 1. The zero-order valence-corrected chi connectivity index (χ0v) is 10.4. The van der Waals surface area contributed by atoms with E-state index in [1.807, 2.05) is 7.05 Å². The predicted molar refractivity (Wildman–Crippen MR) is 67.0 cm³/mol. The molecule has 1 saturated carbocycles. The highest BCUT2D eigenvalue weighted by Gasteiger charge is 2.33. The van der Waals surface area contributed by atoms with Gasteiger partial charge in [0, 0.05) is 20.0 Å². The molecule has 1 rings (SSSR count). The summed E-state index contributed by atoms with van der Waals surface area (Å²) in [6, 6.07) is 0. The van der Waals surface area contributed by atoms with E-state index in [9.17, 15) is 4.79 Å². The van der Waals surface area contributed by atoms with E-state index in [4.69, 9.17) is 5.73 Å². The Balaban J connectivity index is 2.54. The first-order valence-electron chi connectivity index (χ1n) is 6.18. The summed E-state index contributed by atoms with van der Waals surface area (Å²) in [6.07, 6.45) is 8.31. The van der Waals surface area contributed by atoms with E-state index in [-0.39, 0.29) is 11.3 Å². The molecule has 0 aliphatic heterocycles. The van der Waals surface area contributed by atoms with Crippen LogP contribution < -0.4 is 5.73 Å². The normalized spacial score (nSPS) is 19.1. The van der Waals surface area contributed by atoms with Crippen LogP contribution in [-0.2, 0) is 4.79 Å². The van der Waals surface area contributed by atoms with Crippen LogP contribution in [-0.4, -0.2) is 30.9 Å². The molecule has 0 spiro atoms. The largest absolute Gasteiger partial charge is 0.342 e. The highest BCUT2D eigenvalue weighted by atomic mass is 16.2. The SMILES string of the molecule is C=CCN(C)C(=O)CC1(CN)CCCCC1. The fourth-order valence-corrected chi connectivity index (χ4v) is 2.51. The van der Waals surface area contributed by atoms with Crippen molar-refractivity contribution in [3.05, 3.63) is 12.7 Å². The van der Waals surface area contributed by atoms with E-state index < -0.39 is 0 Å². The number of nitrogens with two attached hydrogens (primary N) is 1. The van der Waals surface area contributed by atoms with Crippen LogP contribution in [0.15, 0.2) is 12.7 Å². The van der Waals surface area contributed by atoms with Gasteiger partial charge in [0.15, 0.2) is 0 Å². The Bertz CT molecular complexity index is 244. The van der Waals surface area contributed by atoms with Crippen molar-refractivity contribution in [2.75, 3.05) is 20.1 Å². The predicted octanol–water partition coefficient (Wildman–Crippen LogP) is 1.93. The zero-order valence-electron chi connectivity index (χ0n) is 10.4. The second-order valence-corrected chi connectivity index (χ2v) is 5.00. The lowest BCUT2D eigenvalue weighted by molar-refractivity contribution is -0.132. The van der Waals surface area contributed by atoms with Crippen molar-refractivity contribution in [1.82, 2.24) is 4.90 Å². The number of hydrogen-bond acceptors (Lipinski definition) is 2. The van der Waals surface area contributed by atoms with Gasteiger partial charge in [0.1, 0.15) is 0 Å². The standard InChI is InChI=1S/C13H24N2O/c1-3-9-15(2)12(16)10-13(11-14)7-5-4-6-8-13/h3H,1,4-11,14H2,2H3. The monoisotopic (exact) mass is 224 g/mol. The maximum absolute atomic E-state index is 12.0. The van der Waals surface area contributed by atoms with Crippen molar-refractivity contribution in [3.8, 4) is 0 Å². The molecule has 0 heterocycles. The lowest BCUT2D eigenvalue weighted by Gasteiger charge is -2.36. The van der Waals surface area contributed by atoms with E-state index in [1.165, 1.54) is 19.3 Å². The summed E-state index contributed by atoms with van der Waals surface area (Å²) in [5.74, 6) is 0.201. The molecule has 0 bridgehead atoms. The molecule has 16 heavy (non-hydrogen) atoms. The molecule has 0 aromatic carbocycles. The topological polar surface area (TPSA) is 46.3 Å². The van der Waals surface area contributed by atoms with Crippen molar-refractivity contribution in [3.63, 3.8) is 0 Å². The first kappa shape index (κ1) is 13.2. The number of nitrogens with zero attached hydrogens (tertiary/aromatic N) is 1. The smallest absolute Gasteiger partial charge is 0.223 e. The maximum atomic E-state index is 12.0. The lowest BCUT2D eigenvalue weighted by atomic mass is 9.71. The number of hydrogen-bond donors (Lipinski definition) is 1. The Labute approximate surface area is 98.7 Å². The van der Waals surface area contributed by atoms with Crippen LogP contribution in [0.5, 0.6) is 0 Å². The van der Waals surface area contributed by atoms with Gasteiger partial charge in [-0.1, -0.05) is 25.3 Å². The highest BCUT2D eigenvalue weighted by molar-refractivity contribution is 5.76. The second kappa shape index (κ2) is 6.04. The van der Waals surface area contributed by atoms with Gasteiger partial charge in [0.05, 0.1) is 0 Å². The molecule has 1 amide bonds. The minimum absolute atomic E-state index is 0.0742. The number of rotatable bonds is 5. The van der Waals surface area contributed by atoms with Gasteiger partial charge in [-0.25, -0.2) is 0 Å². The lowest BCUT2D eigenvalue weighted by Crippen LogP contribution is -2.39. The molecule has 1 fully saturated rings. The molecular formula is C13H24N2O. The summed E-state index contributed by atoms with van der Waals surface area (Å²) >= 11 is 0. The van der Waals surface area contributed by atoms with Crippen LogP contribution in [0.3, 0.4) is 0 Å². The Hall–Kier alpha value is -0.830. The minimum atomic E-state index is 0.0742. The van der Waals surface area contributed by atoms with Crippen molar-refractivity contribution in [2.45, 2.75) is 38.5 Å². The van der Waals surface area contributed by atoms with E-state index in [0.717, 1.165) is 12.8 Å². The van der Waals surface area contributed by atoms with Gasteiger partial charge in [0.2, 0.25) is 5.91 Å². The molecule has 3 nitrogen and oxygen atoms in total. The van der Waals surface area contributed by atoms with Gasteiger partial charge < -0.3 is 10.6 Å². The van der Waals surface area contributed by atoms with E-state index in [1.54, 1.807) is 11.0 Å².